The Bertz CT molecular complexity index is 1050. The van der Waals surface area contributed by atoms with Crippen LogP contribution in [0.4, 0.5) is 5.82 Å². The number of aryl methyl sites for hydroxylation is 1. The van der Waals surface area contributed by atoms with Crippen molar-refractivity contribution in [2.45, 2.75) is 46.5 Å². The first-order valence-electron chi connectivity index (χ1n) is 10.5. The average Bonchev–Trinajstić information content (AvgIpc) is 3.37. The van der Waals surface area contributed by atoms with Gasteiger partial charge in [0.15, 0.2) is 0 Å². The summed E-state index contributed by atoms with van der Waals surface area (Å²) >= 11 is 1.39. The summed E-state index contributed by atoms with van der Waals surface area (Å²) in [5, 5.41) is 9.61. The van der Waals surface area contributed by atoms with Crippen molar-refractivity contribution in [3.63, 3.8) is 0 Å². The molecule has 2 amide bonds. The maximum Gasteiger partial charge on any atom is 0.264 e. The molecule has 7 heteroatoms. The van der Waals surface area contributed by atoms with Gasteiger partial charge in [-0.3, -0.25) is 9.59 Å². The van der Waals surface area contributed by atoms with Crippen molar-refractivity contribution in [3.8, 4) is 5.69 Å². The number of carbonyl (C=O) groups excluding carboxylic acids is 2. The number of hydrogen-bond acceptors (Lipinski definition) is 4. The van der Waals surface area contributed by atoms with Crippen LogP contribution >= 0.6 is 11.3 Å². The molecule has 0 atom stereocenters. The first-order chi connectivity index (χ1) is 14.7. The quantitative estimate of drug-likeness (QED) is 0.562. The molecule has 0 saturated carbocycles. The van der Waals surface area contributed by atoms with Gasteiger partial charge in [-0.25, -0.2) is 4.68 Å². The van der Waals surface area contributed by atoms with E-state index in [-0.39, 0.29) is 23.8 Å². The van der Waals surface area contributed by atoms with Gasteiger partial charge < -0.3 is 10.2 Å². The van der Waals surface area contributed by atoms with Gasteiger partial charge in [0.1, 0.15) is 12.4 Å². The van der Waals surface area contributed by atoms with Crippen LogP contribution in [0.1, 0.15) is 55.0 Å². The van der Waals surface area contributed by atoms with Gasteiger partial charge in [-0.05, 0) is 42.5 Å². The zero-order valence-electron chi connectivity index (χ0n) is 18.8. The molecule has 0 unspecified atom stereocenters. The van der Waals surface area contributed by atoms with E-state index in [4.69, 9.17) is 5.10 Å². The fourth-order valence-corrected chi connectivity index (χ4v) is 3.92. The summed E-state index contributed by atoms with van der Waals surface area (Å²) in [7, 11) is 0. The maximum atomic E-state index is 12.9. The van der Waals surface area contributed by atoms with Gasteiger partial charge in [0.05, 0.1) is 16.3 Å². The Morgan fingerprint density at radius 2 is 1.94 bits per heavy atom. The lowest BCUT2D eigenvalue weighted by atomic mass is 9.92. The van der Waals surface area contributed by atoms with E-state index in [1.54, 1.807) is 15.6 Å². The number of rotatable bonds is 7. The summed E-state index contributed by atoms with van der Waals surface area (Å²) in [5.74, 6) is 0.239. The molecule has 3 aromatic rings. The summed E-state index contributed by atoms with van der Waals surface area (Å²) in [4.78, 5) is 28.0. The minimum absolute atomic E-state index is 0.00553. The van der Waals surface area contributed by atoms with E-state index in [1.165, 1.54) is 11.3 Å². The molecule has 0 fully saturated rings. The third-order valence-corrected chi connectivity index (χ3v) is 5.70. The highest BCUT2D eigenvalue weighted by atomic mass is 32.1. The fourth-order valence-electron chi connectivity index (χ4n) is 3.23. The molecule has 2 aromatic heterocycles. The molecule has 3 rings (SSSR count). The third-order valence-electron chi connectivity index (χ3n) is 4.84. The van der Waals surface area contributed by atoms with Crippen LogP contribution in [0, 0.1) is 6.92 Å². The molecule has 0 aliphatic rings. The minimum atomic E-state index is -0.243. The predicted molar refractivity (Wildman–Crippen MR) is 126 cm³/mol. The van der Waals surface area contributed by atoms with E-state index in [0.717, 1.165) is 23.4 Å². The normalized spacial score (nSPS) is 11.4. The average molecular weight is 439 g/mol. The number of hydrogen-bond donors (Lipinski definition) is 1. The molecule has 2 heterocycles. The number of anilines is 1. The highest BCUT2D eigenvalue weighted by molar-refractivity contribution is 7.12. The number of amides is 2. The number of aromatic nitrogens is 2. The Morgan fingerprint density at radius 1 is 1.16 bits per heavy atom. The molecule has 6 nitrogen and oxygen atoms in total. The molecule has 1 aromatic carbocycles. The minimum Gasteiger partial charge on any atom is -0.329 e. The zero-order valence-corrected chi connectivity index (χ0v) is 19.6. The van der Waals surface area contributed by atoms with Gasteiger partial charge in [0.2, 0.25) is 5.91 Å². The van der Waals surface area contributed by atoms with Crippen LogP contribution in [0.3, 0.4) is 0 Å². The topological polar surface area (TPSA) is 67.2 Å². The Hall–Kier alpha value is -2.93. The summed E-state index contributed by atoms with van der Waals surface area (Å²) in [5.41, 5.74) is 2.70. The van der Waals surface area contributed by atoms with Gasteiger partial charge >= 0.3 is 0 Å². The smallest absolute Gasteiger partial charge is 0.264 e. The number of nitrogens with one attached hydrogen (secondary N) is 1. The molecule has 0 radical (unpaired) electrons. The van der Waals surface area contributed by atoms with E-state index in [2.05, 4.69) is 26.1 Å². The molecule has 0 aliphatic heterocycles. The monoisotopic (exact) mass is 438 g/mol. The Labute approximate surface area is 187 Å². The molecule has 31 heavy (non-hydrogen) atoms. The molecule has 0 saturated heterocycles. The van der Waals surface area contributed by atoms with E-state index in [0.29, 0.717) is 17.2 Å². The van der Waals surface area contributed by atoms with Crippen molar-refractivity contribution in [2.75, 3.05) is 18.4 Å². The molecule has 1 N–H and O–H groups in total. The Balaban J connectivity index is 1.85. The lowest BCUT2D eigenvalue weighted by molar-refractivity contribution is -0.116. The zero-order chi connectivity index (χ0) is 22.6. The summed E-state index contributed by atoms with van der Waals surface area (Å²) < 4.78 is 1.76. The van der Waals surface area contributed by atoms with Gasteiger partial charge in [-0.2, -0.15) is 5.10 Å². The third kappa shape index (κ3) is 5.61. The lowest BCUT2D eigenvalue weighted by Crippen LogP contribution is -2.38. The standard InChI is InChI=1S/C24H30N4O2S/c1-6-12-27(23(30)19-11-8-13-31-19)16-22(29)25-21-15-20(24(3,4)5)26-28(21)18-10-7-9-17(2)14-18/h7-11,13-15H,6,12,16H2,1-5H3,(H,25,29). The Kier molecular flexibility index (Phi) is 6.95. The second kappa shape index (κ2) is 9.47. The van der Waals surface area contributed by atoms with Crippen molar-refractivity contribution in [3.05, 3.63) is 64.0 Å². The molecular formula is C24H30N4O2S. The van der Waals surface area contributed by atoms with Crippen LogP contribution in [0.2, 0.25) is 0 Å². The molecule has 164 valence electrons. The molecule has 0 aliphatic carbocycles. The number of thiophene rings is 1. The highest BCUT2D eigenvalue weighted by Crippen LogP contribution is 2.26. The first kappa shape index (κ1) is 22.7. The van der Waals surface area contributed by atoms with Crippen LogP contribution in [0.15, 0.2) is 47.8 Å². The van der Waals surface area contributed by atoms with Crippen LogP contribution in [0.5, 0.6) is 0 Å². The van der Waals surface area contributed by atoms with E-state index in [9.17, 15) is 9.59 Å². The number of nitrogens with zero attached hydrogens (tertiary/aromatic N) is 3. The van der Waals surface area contributed by atoms with E-state index >= 15 is 0 Å². The summed E-state index contributed by atoms with van der Waals surface area (Å²) in [6, 6.07) is 13.5. The summed E-state index contributed by atoms with van der Waals surface area (Å²) in [6.07, 6.45) is 0.778. The predicted octanol–water partition coefficient (Wildman–Crippen LogP) is 5.03. The van der Waals surface area contributed by atoms with Gasteiger partial charge in [0, 0.05) is 18.0 Å². The number of carbonyl (C=O) groups is 2. The van der Waals surface area contributed by atoms with Gasteiger partial charge in [-0.15, -0.1) is 11.3 Å². The lowest BCUT2D eigenvalue weighted by Gasteiger charge is -2.21. The van der Waals surface area contributed by atoms with Crippen molar-refractivity contribution in [1.29, 1.82) is 0 Å². The van der Waals surface area contributed by atoms with Crippen LogP contribution < -0.4 is 5.32 Å². The second-order valence-corrected chi connectivity index (χ2v) is 9.62. The van der Waals surface area contributed by atoms with Crippen LogP contribution in [-0.4, -0.2) is 39.6 Å². The SMILES string of the molecule is CCCN(CC(=O)Nc1cc(C(C)(C)C)nn1-c1cccc(C)c1)C(=O)c1cccs1. The van der Waals surface area contributed by atoms with Crippen molar-refractivity contribution < 1.29 is 9.59 Å². The summed E-state index contributed by atoms with van der Waals surface area (Å²) in [6.45, 7) is 10.8. The van der Waals surface area contributed by atoms with Crippen molar-refractivity contribution in [1.82, 2.24) is 14.7 Å². The largest absolute Gasteiger partial charge is 0.329 e. The van der Waals surface area contributed by atoms with Crippen molar-refractivity contribution >= 4 is 29.0 Å². The molecule has 0 spiro atoms. The molecule has 0 bridgehead atoms. The maximum absolute atomic E-state index is 12.9. The van der Waals surface area contributed by atoms with Crippen LogP contribution in [-0.2, 0) is 10.2 Å². The van der Waals surface area contributed by atoms with Gasteiger partial charge in [-0.1, -0.05) is 45.9 Å². The van der Waals surface area contributed by atoms with E-state index in [1.807, 2.05) is 55.6 Å². The molecular weight excluding hydrogens is 408 g/mol. The van der Waals surface area contributed by atoms with Gasteiger partial charge in [0.25, 0.3) is 5.91 Å². The van der Waals surface area contributed by atoms with E-state index < -0.39 is 0 Å². The Morgan fingerprint density at radius 3 is 2.55 bits per heavy atom. The fraction of sp³-hybridized carbons (Fsp3) is 0.375. The second-order valence-electron chi connectivity index (χ2n) is 8.67. The first-order valence-corrected chi connectivity index (χ1v) is 11.4. The van der Waals surface area contributed by atoms with Crippen molar-refractivity contribution in [2.24, 2.45) is 0 Å². The van der Waals surface area contributed by atoms with Crippen LogP contribution in [0.25, 0.3) is 5.69 Å². The highest BCUT2D eigenvalue weighted by Gasteiger charge is 2.23. The number of benzene rings is 1.